The molecule has 1 heterocycles. The van der Waals surface area contributed by atoms with E-state index in [1.807, 2.05) is 0 Å². The first-order chi connectivity index (χ1) is 8.91. The number of aldehydes is 1. The van der Waals surface area contributed by atoms with Crippen LogP contribution in [0.15, 0.2) is 36.5 Å². The highest BCUT2D eigenvalue weighted by molar-refractivity contribution is 6.30. The van der Waals surface area contributed by atoms with E-state index in [0.717, 1.165) is 6.07 Å². The van der Waals surface area contributed by atoms with Gasteiger partial charge in [0, 0.05) is 22.3 Å². The minimum absolute atomic E-state index is 0.114. The largest absolute Gasteiger partial charge is 0.417 e. The number of pyridine rings is 1. The molecule has 0 atom stereocenters. The molecule has 2 rings (SSSR count). The molecule has 0 aliphatic heterocycles. The van der Waals surface area contributed by atoms with Gasteiger partial charge in [-0.2, -0.15) is 13.2 Å². The van der Waals surface area contributed by atoms with Crippen molar-refractivity contribution in [2.45, 2.75) is 6.18 Å². The maximum Gasteiger partial charge on any atom is 0.417 e. The topological polar surface area (TPSA) is 30.0 Å². The number of carbonyl (C=O) groups excluding carboxylic acids is 1. The minimum Gasteiger partial charge on any atom is -0.298 e. The van der Waals surface area contributed by atoms with E-state index in [2.05, 4.69) is 4.98 Å². The summed E-state index contributed by atoms with van der Waals surface area (Å²) in [5, 5.41) is 0.489. The number of aromatic nitrogens is 1. The van der Waals surface area contributed by atoms with Crippen molar-refractivity contribution < 1.29 is 18.0 Å². The van der Waals surface area contributed by atoms with E-state index in [1.165, 1.54) is 0 Å². The average Bonchev–Trinajstić information content (AvgIpc) is 2.38. The van der Waals surface area contributed by atoms with Crippen LogP contribution in [-0.4, -0.2) is 11.3 Å². The highest BCUT2D eigenvalue weighted by atomic mass is 35.5. The lowest BCUT2D eigenvalue weighted by atomic mass is 10.0. The number of halogens is 4. The van der Waals surface area contributed by atoms with Gasteiger partial charge in [0.05, 0.1) is 11.3 Å². The first-order valence-corrected chi connectivity index (χ1v) is 5.58. The Morgan fingerprint density at radius 1 is 1.16 bits per heavy atom. The molecule has 0 bridgehead atoms. The van der Waals surface area contributed by atoms with Crippen LogP contribution in [-0.2, 0) is 6.18 Å². The summed E-state index contributed by atoms with van der Waals surface area (Å²) < 4.78 is 37.6. The van der Waals surface area contributed by atoms with Crippen LogP contribution in [0.2, 0.25) is 5.02 Å². The molecule has 0 saturated carbocycles. The molecule has 98 valence electrons. The molecule has 1 aromatic heterocycles. The van der Waals surface area contributed by atoms with E-state index in [0.29, 0.717) is 23.1 Å². The molecular formula is C13H7ClF3NO. The first kappa shape index (κ1) is 13.5. The van der Waals surface area contributed by atoms with E-state index >= 15 is 0 Å². The number of carbonyl (C=O) groups is 1. The molecule has 0 saturated heterocycles. The number of alkyl halides is 3. The number of hydrogen-bond donors (Lipinski definition) is 0. The van der Waals surface area contributed by atoms with E-state index in [9.17, 15) is 18.0 Å². The Hall–Kier alpha value is -1.88. The molecule has 19 heavy (non-hydrogen) atoms. The molecule has 0 fully saturated rings. The fourth-order valence-corrected chi connectivity index (χ4v) is 1.70. The second kappa shape index (κ2) is 5.01. The smallest absolute Gasteiger partial charge is 0.298 e. The van der Waals surface area contributed by atoms with Gasteiger partial charge in [-0.3, -0.25) is 9.78 Å². The zero-order valence-corrected chi connectivity index (χ0v) is 10.2. The summed E-state index contributed by atoms with van der Waals surface area (Å²) in [5.74, 6) is 0. The molecular weight excluding hydrogens is 279 g/mol. The summed E-state index contributed by atoms with van der Waals surface area (Å²) in [6.07, 6.45) is -3.47. The minimum atomic E-state index is -4.52. The summed E-state index contributed by atoms with van der Waals surface area (Å²) in [6, 6.07) is 7.11. The Morgan fingerprint density at radius 3 is 2.32 bits per heavy atom. The highest BCUT2D eigenvalue weighted by Crippen LogP contribution is 2.31. The zero-order valence-electron chi connectivity index (χ0n) is 9.41. The lowest BCUT2D eigenvalue weighted by Gasteiger charge is -2.09. The third kappa shape index (κ3) is 2.93. The highest BCUT2D eigenvalue weighted by Gasteiger charge is 2.31. The van der Waals surface area contributed by atoms with Crippen LogP contribution in [0.25, 0.3) is 11.3 Å². The summed E-state index contributed by atoms with van der Waals surface area (Å²) in [7, 11) is 0. The Labute approximate surface area is 111 Å². The maximum absolute atomic E-state index is 12.5. The normalized spacial score (nSPS) is 11.4. The molecule has 6 heteroatoms. The van der Waals surface area contributed by atoms with Gasteiger partial charge in [-0.15, -0.1) is 0 Å². The van der Waals surface area contributed by atoms with Gasteiger partial charge in [-0.25, -0.2) is 0 Å². The van der Waals surface area contributed by atoms with E-state index in [1.54, 1.807) is 24.3 Å². The van der Waals surface area contributed by atoms with Gasteiger partial charge in [0.1, 0.15) is 0 Å². The van der Waals surface area contributed by atoms with Crippen molar-refractivity contribution in [1.82, 2.24) is 4.98 Å². The Bertz CT molecular complexity index is 608. The molecule has 0 amide bonds. The molecule has 0 spiro atoms. The lowest BCUT2D eigenvalue weighted by Crippen LogP contribution is -2.07. The van der Waals surface area contributed by atoms with Crippen LogP contribution < -0.4 is 0 Å². The van der Waals surface area contributed by atoms with Gasteiger partial charge in [0.15, 0.2) is 6.29 Å². The number of nitrogens with zero attached hydrogens (tertiary/aromatic N) is 1. The van der Waals surface area contributed by atoms with Crippen molar-refractivity contribution in [2.24, 2.45) is 0 Å². The van der Waals surface area contributed by atoms with Gasteiger partial charge in [-0.05, 0) is 18.2 Å². The zero-order chi connectivity index (χ0) is 14.0. The van der Waals surface area contributed by atoms with E-state index in [-0.39, 0.29) is 11.3 Å². The molecule has 1 aromatic carbocycles. The third-order valence-corrected chi connectivity index (χ3v) is 2.74. The first-order valence-electron chi connectivity index (χ1n) is 5.20. The number of benzene rings is 1. The molecule has 0 unspecified atom stereocenters. The summed E-state index contributed by atoms with van der Waals surface area (Å²) in [6.45, 7) is 0. The van der Waals surface area contributed by atoms with Gasteiger partial charge < -0.3 is 0 Å². The molecule has 2 nitrogen and oxygen atoms in total. The van der Waals surface area contributed by atoms with Gasteiger partial charge >= 0.3 is 6.18 Å². The maximum atomic E-state index is 12.5. The molecule has 0 aliphatic carbocycles. The van der Waals surface area contributed by atoms with Crippen LogP contribution >= 0.6 is 11.6 Å². The van der Waals surface area contributed by atoms with Crippen molar-refractivity contribution in [3.63, 3.8) is 0 Å². The van der Waals surface area contributed by atoms with Crippen LogP contribution in [0.5, 0.6) is 0 Å². The van der Waals surface area contributed by atoms with Crippen LogP contribution in [0.3, 0.4) is 0 Å². The second-order valence-corrected chi connectivity index (χ2v) is 4.22. The van der Waals surface area contributed by atoms with Crippen LogP contribution in [0, 0.1) is 0 Å². The number of hydrogen-bond acceptors (Lipinski definition) is 2. The predicted octanol–water partition coefficient (Wildman–Crippen LogP) is 4.23. The van der Waals surface area contributed by atoms with Crippen molar-refractivity contribution in [1.29, 1.82) is 0 Å². The molecule has 0 radical (unpaired) electrons. The quantitative estimate of drug-likeness (QED) is 0.773. The Balaban J connectivity index is 2.53. The molecule has 0 aliphatic rings. The third-order valence-electron chi connectivity index (χ3n) is 2.49. The van der Waals surface area contributed by atoms with Crippen molar-refractivity contribution >= 4 is 17.9 Å². The summed E-state index contributed by atoms with van der Waals surface area (Å²) in [5.41, 5.74) is -0.343. The standard InChI is InChI=1S/C13H7ClF3NO/c14-11-3-1-8(2-4-11)12-9(7-19)5-10(6-18-12)13(15,16)17/h1-7H. The van der Waals surface area contributed by atoms with Crippen molar-refractivity contribution in [3.05, 3.63) is 52.7 Å². The van der Waals surface area contributed by atoms with E-state index < -0.39 is 11.7 Å². The SMILES string of the molecule is O=Cc1cc(C(F)(F)F)cnc1-c1ccc(Cl)cc1. The van der Waals surface area contributed by atoms with Crippen LogP contribution in [0.1, 0.15) is 15.9 Å². The Kier molecular flexibility index (Phi) is 3.57. The summed E-state index contributed by atoms with van der Waals surface area (Å²) >= 11 is 5.72. The molecule has 2 aromatic rings. The van der Waals surface area contributed by atoms with Crippen molar-refractivity contribution in [3.8, 4) is 11.3 Å². The van der Waals surface area contributed by atoms with Gasteiger partial charge in [-0.1, -0.05) is 23.7 Å². The predicted molar refractivity (Wildman–Crippen MR) is 65.1 cm³/mol. The fraction of sp³-hybridized carbons (Fsp3) is 0.0769. The fourth-order valence-electron chi connectivity index (χ4n) is 1.58. The van der Waals surface area contributed by atoms with E-state index in [4.69, 9.17) is 11.6 Å². The van der Waals surface area contributed by atoms with Gasteiger partial charge in [0.2, 0.25) is 0 Å². The van der Waals surface area contributed by atoms with Crippen LogP contribution in [0.4, 0.5) is 13.2 Å². The second-order valence-electron chi connectivity index (χ2n) is 3.78. The Morgan fingerprint density at radius 2 is 1.79 bits per heavy atom. The average molecular weight is 286 g/mol. The van der Waals surface area contributed by atoms with Gasteiger partial charge in [0.25, 0.3) is 0 Å². The number of rotatable bonds is 2. The van der Waals surface area contributed by atoms with Crippen molar-refractivity contribution in [2.75, 3.05) is 0 Å². The lowest BCUT2D eigenvalue weighted by molar-refractivity contribution is -0.137. The molecule has 0 N–H and O–H groups in total. The summed E-state index contributed by atoms with van der Waals surface area (Å²) in [4.78, 5) is 14.6. The monoisotopic (exact) mass is 285 g/mol.